The van der Waals surface area contributed by atoms with E-state index in [2.05, 4.69) is 10.6 Å². The molecule has 1 rings (SSSR count). The van der Waals surface area contributed by atoms with Crippen molar-refractivity contribution in [3.63, 3.8) is 0 Å². The Morgan fingerprint density at radius 2 is 1.60 bits per heavy atom. The van der Waals surface area contributed by atoms with Crippen molar-refractivity contribution in [2.45, 2.75) is 6.92 Å². The SMILES string of the molecule is Cc1ccc(NC(=O)Cl)c(NC(=O)Cl)c1. The first-order valence-electron chi connectivity index (χ1n) is 4.02. The first-order chi connectivity index (χ1) is 6.99. The van der Waals surface area contributed by atoms with E-state index < -0.39 is 10.7 Å². The van der Waals surface area contributed by atoms with E-state index in [4.69, 9.17) is 23.2 Å². The Morgan fingerprint density at radius 1 is 1.07 bits per heavy atom. The maximum atomic E-state index is 10.7. The molecule has 6 heteroatoms. The van der Waals surface area contributed by atoms with Crippen LogP contribution >= 0.6 is 23.2 Å². The molecule has 0 saturated heterocycles. The minimum atomic E-state index is -0.732. The van der Waals surface area contributed by atoms with Gasteiger partial charge in [-0.25, -0.2) is 0 Å². The number of rotatable bonds is 2. The van der Waals surface area contributed by atoms with Crippen LogP contribution in [-0.4, -0.2) is 10.7 Å². The van der Waals surface area contributed by atoms with Crippen molar-refractivity contribution in [2.75, 3.05) is 10.6 Å². The Labute approximate surface area is 96.6 Å². The van der Waals surface area contributed by atoms with Gasteiger partial charge in [0.2, 0.25) is 0 Å². The number of hydrogen-bond donors (Lipinski definition) is 2. The van der Waals surface area contributed by atoms with Crippen LogP contribution in [0, 0.1) is 6.92 Å². The molecule has 0 bridgehead atoms. The summed E-state index contributed by atoms with van der Waals surface area (Å²) >= 11 is 10.3. The van der Waals surface area contributed by atoms with Gasteiger partial charge >= 0.3 is 10.7 Å². The predicted octanol–water partition coefficient (Wildman–Crippen LogP) is 3.54. The van der Waals surface area contributed by atoms with Crippen molar-refractivity contribution in [1.82, 2.24) is 0 Å². The lowest BCUT2D eigenvalue weighted by atomic mass is 10.2. The summed E-state index contributed by atoms with van der Waals surface area (Å²) in [6, 6.07) is 5.06. The van der Waals surface area contributed by atoms with Crippen LogP contribution in [0.1, 0.15) is 5.56 Å². The smallest absolute Gasteiger partial charge is 0.311 e. The molecule has 0 heterocycles. The van der Waals surface area contributed by atoms with Crippen molar-refractivity contribution in [3.8, 4) is 0 Å². The summed E-state index contributed by atoms with van der Waals surface area (Å²) in [5.41, 5.74) is 1.72. The van der Waals surface area contributed by atoms with E-state index in [1.54, 1.807) is 18.2 Å². The van der Waals surface area contributed by atoms with Crippen LogP contribution in [0.5, 0.6) is 0 Å². The molecule has 0 aliphatic heterocycles. The fourth-order valence-corrected chi connectivity index (χ4v) is 1.29. The van der Waals surface area contributed by atoms with Crippen LogP contribution in [0.15, 0.2) is 18.2 Å². The third-order valence-electron chi connectivity index (χ3n) is 1.64. The highest BCUT2D eigenvalue weighted by atomic mass is 35.5. The molecule has 0 atom stereocenters. The Bertz CT molecular complexity index is 407. The number of benzene rings is 1. The number of amides is 2. The normalized spacial score (nSPS) is 9.53. The second kappa shape index (κ2) is 5.00. The fourth-order valence-electron chi connectivity index (χ4n) is 1.08. The number of nitrogens with one attached hydrogen (secondary N) is 2. The summed E-state index contributed by atoms with van der Waals surface area (Å²) < 4.78 is 0. The van der Waals surface area contributed by atoms with E-state index in [-0.39, 0.29) is 0 Å². The van der Waals surface area contributed by atoms with Gasteiger partial charge in [-0.2, -0.15) is 0 Å². The summed E-state index contributed by atoms with van der Waals surface area (Å²) in [6.45, 7) is 1.84. The molecule has 1 aromatic rings. The average molecular weight is 247 g/mol. The van der Waals surface area contributed by atoms with Crippen LogP contribution in [0.25, 0.3) is 0 Å². The van der Waals surface area contributed by atoms with Crippen molar-refractivity contribution < 1.29 is 9.59 Å². The number of hydrogen-bond acceptors (Lipinski definition) is 2. The van der Waals surface area contributed by atoms with Crippen LogP contribution < -0.4 is 10.6 Å². The molecule has 0 aromatic heterocycles. The van der Waals surface area contributed by atoms with Gasteiger partial charge in [0, 0.05) is 0 Å². The minimum absolute atomic E-state index is 0.398. The number of carbonyl (C=O) groups is 2. The van der Waals surface area contributed by atoms with Gasteiger partial charge in [0.25, 0.3) is 0 Å². The van der Waals surface area contributed by atoms with E-state index in [9.17, 15) is 9.59 Å². The zero-order valence-corrected chi connectivity index (χ0v) is 9.32. The highest BCUT2D eigenvalue weighted by molar-refractivity contribution is 6.66. The van der Waals surface area contributed by atoms with E-state index in [0.29, 0.717) is 11.4 Å². The topological polar surface area (TPSA) is 58.2 Å². The molecule has 80 valence electrons. The van der Waals surface area contributed by atoms with Crippen LogP contribution in [-0.2, 0) is 0 Å². The van der Waals surface area contributed by atoms with Gasteiger partial charge in [-0.1, -0.05) is 6.07 Å². The standard InChI is InChI=1S/C9H8Cl2N2O2/c1-5-2-3-6(12-8(10)14)7(4-5)13-9(11)15/h2-4H,1H3,(H,12,14)(H,13,15). The molecule has 0 radical (unpaired) electrons. The van der Waals surface area contributed by atoms with Crippen molar-refractivity contribution in [2.24, 2.45) is 0 Å². The molecule has 0 spiro atoms. The molecule has 0 saturated carbocycles. The molecule has 15 heavy (non-hydrogen) atoms. The van der Waals surface area contributed by atoms with Gasteiger partial charge in [-0.05, 0) is 47.8 Å². The molecule has 1 aromatic carbocycles. The van der Waals surface area contributed by atoms with E-state index in [1.807, 2.05) is 6.92 Å². The molecule has 4 nitrogen and oxygen atoms in total. The molecular formula is C9H8Cl2N2O2. The van der Waals surface area contributed by atoms with Gasteiger partial charge in [0.1, 0.15) is 0 Å². The van der Waals surface area contributed by atoms with Gasteiger partial charge in [-0.15, -0.1) is 0 Å². The largest absolute Gasteiger partial charge is 0.318 e. The molecule has 0 aliphatic carbocycles. The summed E-state index contributed by atoms with van der Waals surface area (Å²) in [5.74, 6) is 0. The Morgan fingerprint density at radius 3 is 2.13 bits per heavy atom. The van der Waals surface area contributed by atoms with Crippen molar-refractivity contribution >= 4 is 45.3 Å². The zero-order chi connectivity index (χ0) is 11.4. The molecule has 0 unspecified atom stereocenters. The van der Waals surface area contributed by atoms with Crippen LogP contribution in [0.4, 0.5) is 21.0 Å². The maximum Gasteiger partial charge on any atom is 0.318 e. The van der Waals surface area contributed by atoms with Crippen LogP contribution in [0.2, 0.25) is 0 Å². The second-order valence-electron chi connectivity index (χ2n) is 2.85. The van der Waals surface area contributed by atoms with Crippen molar-refractivity contribution in [3.05, 3.63) is 23.8 Å². The Kier molecular flexibility index (Phi) is 3.94. The Hall–Kier alpha value is -1.26. The second-order valence-corrected chi connectivity index (χ2v) is 3.53. The highest BCUT2D eigenvalue weighted by Gasteiger charge is 2.07. The Balaban J connectivity index is 3.02. The predicted molar refractivity (Wildman–Crippen MR) is 60.9 cm³/mol. The number of carbonyl (C=O) groups excluding carboxylic acids is 2. The summed E-state index contributed by atoms with van der Waals surface area (Å²) in [5, 5.41) is 3.27. The molecule has 0 aliphatic rings. The van der Waals surface area contributed by atoms with E-state index >= 15 is 0 Å². The lowest BCUT2D eigenvalue weighted by Crippen LogP contribution is -2.08. The number of anilines is 2. The lowest BCUT2D eigenvalue weighted by molar-refractivity contribution is 0.268. The van der Waals surface area contributed by atoms with Gasteiger partial charge < -0.3 is 10.6 Å². The average Bonchev–Trinajstić information content (AvgIpc) is 2.08. The number of aryl methyl sites for hydroxylation is 1. The lowest BCUT2D eigenvalue weighted by Gasteiger charge is -2.09. The highest BCUT2D eigenvalue weighted by Crippen LogP contribution is 2.23. The number of halogens is 2. The maximum absolute atomic E-state index is 10.7. The quantitative estimate of drug-likeness (QED) is 0.620. The van der Waals surface area contributed by atoms with E-state index in [0.717, 1.165) is 5.56 Å². The monoisotopic (exact) mass is 246 g/mol. The molecule has 2 N–H and O–H groups in total. The van der Waals surface area contributed by atoms with Gasteiger partial charge in [0.15, 0.2) is 0 Å². The molecular weight excluding hydrogens is 239 g/mol. The first kappa shape index (κ1) is 11.8. The van der Waals surface area contributed by atoms with Crippen LogP contribution in [0.3, 0.4) is 0 Å². The van der Waals surface area contributed by atoms with E-state index in [1.165, 1.54) is 0 Å². The fraction of sp³-hybridized carbons (Fsp3) is 0.111. The van der Waals surface area contributed by atoms with Crippen molar-refractivity contribution in [1.29, 1.82) is 0 Å². The zero-order valence-electron chi connectivity index (χ0n) is 7.80. The van der Waals surface area contributed by atoms with Gasteiger partial charge in [-0.3, -0.25) is 9.59 Å². The first-order valence-corrected chi connectivity index (χ1v) is 4.78. The summed E-state index contributed by atoms with van der Waals surface area (Å²) in [7, 11) is 0. The molecule has 2 amide bonds. The minimum Gasteiger partial charge on any atom is -0.311 e. The third kappa shape index (κ3) is 3.77. The summed E-state index contributed by atoms with van der Waals surface area (Å²) in [6.07, 6.45) is 0. The van der Waals surface area contributed by atoms with Gasteiger partial charge in [0.05, 0.1) is 11.4 Å². The molecule has 0 fully saturated rings. The third-order valence-corrected chi connectivity index (χ3v) is 1.83. The summed E-state index contributed by atoms with van der Waals surface area (Å²) in [4.78, 5) is 21.3.